The molecule has 0 saturated carbocycles. The van der Waals surface area contributed by atoms with Crippen LogP contribution >= 0.6 is 11.6 Å². The molecule has 2 heterocycles. The Bertz CT molecular complexity index is 649. The highest BCUT2D eigenvalue weighted by molar-refractivity contribution is 6.30. The van der Waals surface area contributed by atoms with Crippen LogP contribution in [-0.4, -0.2) is 78.9 Å². The van der Waals surface area contributed by atoms with Gasteiger partial charge in [-0.3, -0.25) is 4.79 Å². The minimum atomic E-state index is -0.936. The molecule has 2 aliphatic heterocycles. The van der Waals surface area contributed by atoms with Crippen molar-refractivity contribution in [3.8, 4) is 0 Å². The first-order valence-electron chi connectivity index (χ1n) is 8.42. The van der Waals surface area contributed by atoms with Crippen LogP contribution in [-0.2, 0) is 11.2 Å². The van der Waals surface area contributed by atoms with Gasteiger partial charge >= 0.3 is 6.09 Å². The van der Waals surface area contributed by atoms with Crippen molar-refractivity contribution >= 4 is 23.6 Å². The van der Waals surface area contributed by atoms with Gasteiger partial charge in [0.1, 0.15) is 0 Å². The molecule has 2 aliphatic rings. The van der Waals surface area contributed by atoms with Crippen molar-refractivity contribution in [1.29, 1.82) is 0 Å². The highest BCUT2D eigenvalue weighted by atomic mass is 35.5. The van der Waals surface area contributed by atoms with Crippen LogP contribution in [0.5, 0.6) is 0 Å². The molecule has 8 heteroatoms. The summed E-state index contributed by atoms with van der Waals surface area (Å²) in [6, 6.07) is 4.98. The van der Waals surface area contributed by atoms with Gasteiger partial charge in [-0.05, 0) is 30.2 Å². The fourth-order valence-corrected chi connectivity index (χ4v) is 3.52. The topological polar surface area (TPSA) is 82.1 Å². The molecule has 1 unspecified atom stereocenters. The van der Waals surface area contributed by atoms with Crippen LogP contribution in [0.1, 0.15) is 15.9 Å². The molecule has 0 aliphatic carbocycles. The molecule has 1 aromatic carbocycles. The van der Waals surface area contributed by atoms with Gasteiger partial charge in [-0.25, -0.2) is 4.79 Å². The molecular formula is C17H22ClN3O4. The largest absolute Gasteiger partial charge is 0.465 e. The van der Waals surface area contributed by atoms with Crippen molar-refractivity contribution in [2.24, 2.45) is 0 Å². The number of morpholine rings is 1. The molecule has 1 aromatic rings. The Morgan fingerprint density at radius 2 is 2.04 bits per heavy atom. The van der Waals surface area contributed by atoms with E-state index in [2.05, 4.69) is 5.32 Å². The highest BCUT2D eigenvalue weighted by Gasteiger charge is 2.28. The maximum Gasteiger partial charge on any atom is 0.407 e. The number of benzene rings is 1. The van der Waals surface area contributed by atoms with Gasteiger partial charge in [-0.15, -0.1) is 0 Å². The van der Waals surface area contributed by atoms with Crippen molar-refractivity contribution in [1.82, 2.24) is 15.1 Å². The molecule has 2 fully saturated rings. The smallest absolute Gasteiger partial charge is 0.407 e. The van der Waals surface area contributed by atoms with Crippen LogP contribution in [0.25, 0.3) is 0 Å². The van der Waals surface area contributed by atoms with E-state index in [0.717, 1.165) is 5.56 Å². The first-order valence-corrected chi connectivity index (χ1v) is 8.80. The molecule has 2 N–H and O–H groups in total. The number of amides is 2. The molecule has 136 valence electrons. The van der Waals surface area contributed by atoms with Gasteiger partial charge in [0.05, 0.1) is 19.3 Å². The molecule has 0 aromatic heterocycles. The lowest BCUT2D eigenvalue weighted by atomic mass is 9.97. The quantitative estimate of drug-likeness (QED) is 0.841. The third kappa shape index (κ3) is 4.23. The maximum absolute atomic E-state index is 12.9. The summed E-state index contributed by atoms with van der Waals surface area (Å²) >= 11 is 6.13. The third-order valence-electron chi connectivity index (χ3n) is 4.65. The van der Waals surface area contributed by atoms with E-state index in [1.54, 1.807) is 23.1 Å². The summed E-state index contributed by atoms with van der Waals surface area (Å²) in [5, 5.41) is 13.2. The van der Waals surface area contributed by atoms with E-state index in [1.165, 1.54) is 4.90 Å². The van der Waals surface area contributed by atoms with Crippen molar-refractivity contribution in [2.75, 3.05) is 45.9 Å². The first-order chi connectivity index (χ1) is 12.1. The summed E-state index contributed by atoms with van der Waals surface area (Å²) in [6.07, 6.45) is -0.486. The predicted molar refractivity (Wildman–Crippen MR) is 93.3 cm³/mol. The fourth-order valence-electron chi connectivity index (χ4n) is 3.33. The van der Waals surface area contributed by atoms with Crippen LogP contribution in [0.4, 0.5) is 4.79 Å². The summed E-state index contributed by atoms with van der Waals surface area (Å²) in [6.45, 7) is 3.83. The van der Waals surface area contributed by atoms with Crippen molar-refractivity contribution in [2.45, 2.75) is 12.5 Å². The Kier molecular flexibility index (Phi) is 5.78. The van der Waals surface area contributed by atoms with Gasteiger partial charge in [-0.1, -0.05) is 11.6 Å². The van der Waals surface area contributed by atoms with Gasteiger partial charge in [0.25, 0.3) is 5.91 Å². The van der Waals surface area contributed by atoms with Crippen LogP contribution in [0, 0.1) is 0 Å². The second-order valence-corrected chi connectivity index (χ2v) is 6.68. The van der Waals surface area contributed by atoms with E-state index in [9.17, 15) is 14.7 Å². The summed E-state index contributed by atoms with van der Waals surface area (Å²) in [5.41, 5.74) is 1.37. The van der Waals surface area contributed by atoms with Crippen LogP contribution in [0.2, 0.25) is 5.02 Å². The number of ether oxygens (including phenoxy) is 1. The standard InChI is InChI=1S/C17H22ClN3O4/c18-13-1-2-15(16(22)20-5-7-25-8-6-20)12(9-13)10-14-11-19-3-4-21(14)17(23)24/h1-2,9,14,19H,3-8,10-11H2,(H,23,24). The summed E-state index contributed by atoms with van der Waals surface area (Å²) in [7, 11) is 0. The highest BCUT2D eigenvalue weighted by Crippen LogP contribution is 2.22. The maximum atomic E-state index is 12.9. The molecule has 0 bridgehead atoms. The number of nitrogens with zero attached hydrogens (tertiary/aromatic N) is 2. The zero-order valence-electron chi connectivity index (χ0n) is 13.9. The predicted octanol–water partition coefficient (Wildman–Crippen LogP) is 1.31. The number of halogens is 1. The molecule has 0 radical (unpaired) electrons. The van der Waals surface area contributed by atoms with Crippen molar-refractivity contribution < 1.29 is 19.4 Å². The summed E-state index contributed by atoms with van der Waals surface area (Å²) < 4.78 is 5.30. The third-order valence-corrected chi connectivity index (χ3v) is 4.88. The minimum absolute atomic E-state index is 0.0550. The van der Waals surface area contributed by atoms with Gasteiger partial charge in [0.2, 0.25) is 0 Å². The number of piperazine rings is 1. The Morgan fingerprint density at radius 1 is 1.28 bits per heavy atom. The number of rotatable bonds is 3. The second-order valence-electron chi connectivity index (χ2n) is 6.24. The van der Waals surface area contributed by atoms with Crippen LogP contribution in [0.15, 0.2) is 18.2 Å². The second kappa shape index (κ2) is 8.03. The minimum Gasteiger partial charge on any atom is -0.465 e. The molecule has 3 rings (SSSR count). The molecule has 2 amide bonds. The number of hydrogen-bond acceptors (Lipinski definition) is 4. The van der Waals surface area contributed by atoms with E-state index in [-0.39, 0.29) is 11.9 Å². The lowest BCUT2D eigenvalue weighted by Crippen LogP contribution is -2.54. The van der Waals surface area contributed by atoms with Crippen molar-refractivity contribution in [3.05, 3.63) is 34.3 Å². The van der Waals surface area contributed by atoms with Crippen LogP contribution < -0.4 is 5.32 Å². The van der Waals surface area contributed by atoms with E-state index in [1.807, 2.05) is 0 Å². The molecular weight excluding hydrogens is 346 g/mol. The van der Waals surface area contributed by atoms with E-state index >= 15 is 0 Å². The zero-order chi connectivity index (χ0) is 17.8. The van der Waals surface area contributed by atoms with Gasteiger partial charge in [-0.2, -0.15) is 0 Å². The number of carboxylic acid groups (broad SMARTS) is 1. The van der Waals surface area contributed by atoms with Gasteiger partial charge in [0, 0.05) is 43.3 Å². The average molecular weight is 368 g/mol. The van der Waals surface area contributed by atoms with E-state index in [4.69, 9.17) is 16.3 Å². The molecule has 1 atom stereocenters. The summed E-state index contributed by atoms with van der Waals surface area (Å²) in [5.74, 6) is -0.0550. The van der Waals surface area contributed by atoms with Gasteiger partial charge in [0.15, 0.2) is 0 Å². The van der Waals surface area contributed by atoms with E-state index < -0.39 is 6.09 Å². The lowest BCUT2D eigenvalue weighted by Gasteiger charge is -2.35. The lowest BCUT2D eigenvalue weighted by molar-refractivity contribution is 0.0302. The Labute approximate surface area is 151 Å². The SMILES string of the molecule is O=C(c1ccc(Cl)cc1CC1CNCCN1C(=O)O)N1CCOCC1. The van der Waals surface area contributed by atoms with E-state index in [0.29, 0.717) is 62.9 Å². The molecule has 7 nitrogen and oxygen atoms in total. The Balaban J connectivity index is 1.83. The molecule has 0 spiro atoms. The Morgan fingerprint density at radius 3 is 2.76 bits per heavy atom. The number of hydrogen-bond donors (Lipinski definition) is 2. The molecule has 2 saturated heterocycles. The molecule has 25 heavy (non-hydrogen) atoms. The number of nitrogens with one attached hydrogen (secondary N) is 1. The number of carbonyl (C=O) groups excluding carboxylic acids is 1. The average Bonchev–Trinajstić information content (AvgIpc) is 2.62. The van der Waals surface area contributed by atoms with Gasteiger partial charge < -0.3 is 25.0 Å². The Hall–Kier alpha value is -1.83. The fraction of sp³-hybridized carbons (Fsp3) is 0.529. The first kappa shape index (κ1) is 18.0. The number of carbonyl (C=O) groups is 2. The van der Waals surface area contributed by atoms with Crippen LogP contribution in [0.3, 0.4) is 0 Å². The zero-order valence-corrected chi connectivity index (χ0v) is 14.7. The monoisotopic (exact) mass is 367 g/mol. The van der Waals surface area contributed by atoms with Crippen molar-refractivity contribution in [3.63, 3.8) is 0 Å². The normalized spacial score (nSPS) is 21.2. The summed E-state index contributed by atoms with van der Waals surface area (Å²) in [4.78, 5) is 27.5.